The van der Waals surface area contributed by atoms with E-state index in [0.29, 0.717) is 5.56 Å². The van der Waals surface area contributed by atoms with Crippen molar-refractivity contribution >= 4 is 0 Å². The van der Waals surface area contributed by atoms with E-state index in [1.54, 1.807) is 13.2 Å². The van der Waals surface area contributed by atoms with E-state index in [1.807, 2.05) is 19.2 Å². The summed E-state index contributed by atoms with van der Waals surface area (Å²) >= 11 is 0. The Morgan fingerprint density at radius 2 is 1.95 bits per heavy atom. The van der Waals surface area contributed by atoms with Crippen LogP contribution in [0.1, 0.15) is 18.4 Å². The minimum Gasteiger partial charge on any atom is -0.310 e. The normalized spacial score (nSPS) is 16.3. The highest BCUT2D eigenvalue weighted by Crippen LogP contribution is 2.45. The lowest BCUT2D eigenvalue weighted by Crippen LogP contribution is -2.24. The Bertz CT molecular complexity index is 654. The summed E-state index contributed by atoms with van der Waals surface area (Å²) in [4.78, 5) is 16.1. The summed E-state index contributed by atoms with van der Waals surface area (Å²) in [7, 11) is 3.71. The summed E-state index contributed by atoms with van der Waals surface area (Å²) in [6.07, 6.45) is 5.51. The van der Waals surface area contributed by atoms with Gasteiger partial charge < -0.3 is 9.88 Å². The van der Waals surface area contributed by atoms with Crippen molar-refractivity contribution in [1.82, 2.24) is 14.9 Å². The molecule has 0 spiro atoms. The van der Waals surface area contributed by atoms with Gasteiger partial charge in [0.25, 0.3) is 5.56 Å². The number of hydrogen-bond donors (Lipinski definition) is 1. The molecular formula is C15H17N3O. The topological polar surface area (TPSA) is 46.9 Å². The molecule has 1 aliphatic carbocycles. The highest BCUT2D eigenvalue weighted by Gasteiger charge is 2.42. The van der Waals surface area contributed by atoms with Crippen LogP contribution in [0, 0.1) is 0 Å². The van der Waals surface area contributed by atoms with Crippen LogP contribution in [-0.2, 0) is 12.6 Å². The van der Waals surface area contributed by atoms with E-state index in [1.165, 1.54) is 29.3 Å². The van der Waals surface area contributed by atoms with Crippen LogP contribution in [0.25, 0.3) is 11.1 Å². The number of aromatic nitrogens is 2. The number of nitrogens with one attached hydrogen (secondary N) is 1. The van der Waals surface area contributed by atoms with Crippen molar-refractivity contribution in [3.8, 4) is 11.1 Å². The molecule has 0 amide bonds. The zero-order chi connectivity index (χ0) is 13.5. The molecule has 0 saturated heterocycles. The van der Waals surface area contributed by atoms with Gasteiger partial charge in [0, 0.05) is 18.8 Å². The maximum absolute atomic E-state index is 12.0. The van der Waals surface area contributed by atoms with E-state index in [4.69, 9.17) is 0 Å². The van der Waals surface area contributed by atoms with E-state index in [2.05, 4.69) is 22.4 Å². The van der Waals surface area contributed by atoms with Crippen molar-refractivity contribution in [3.05, 3.63) is 52.7 Å². The van der Waals surface area contributed by atoms with Gasteiger partial charge in [-0.05, 0) is 31.0 Å². The van der Waals surface area contributed by atoms with Crippen LogP contribution >= 0.6 is 0 Å². The first-order valence-corrected chi connectivity index (χ1v) is 6.47. The second-order valence-corrected chi connectivity index (χ2v) is 5.13. The van der Waals surface area contributed by atoms with Gasteiger partial charge in [0.05, 0.1) is 11.9 Å². The molecule has 0 atom stereocenters. The number of rotatable bonds is 3. The van der Waals surface area contributed by atoms with Gasteiger partial charge in [0.1, 0.15) is 0 Å². The van der Waals surface area contributed by atoms with Crippen LogP contribution in [0.2, 0.25) is 0 Å². The molecular weight excluding hydrogens is 238 g/mol. The summed E-state index contributed by atoms with van der Waals surface area (Å²) < 4.78 is 1.50. The van der Waals surface area contributed by atoms with E-state index in [9.17, 15) is 4.79 Å². The average molecular weight is 255 g/mol. The van der Waals surface area contributed by atoms with E-state index in [-0.39, 0.29) is 11.1 Å². The fourth-order valence-corrected chi connectivity index (χ4v) is 2.48. The van der Waals surface area contributed by atoms with Crippen LogP contribution in [0.5, 0.6) is 0 Å². The molecule has 4 heteroatoms. The summed E-state index contributed by atoms with van der Waals surface area (Å²) in [6.45, 7) is 0. The van der Waals surface area contributed by atoms with Gasteiger partial charge in [-0.15, -0.1) is 0 Å². The van der Waals surface area contributed by atoms with Crippen molar-refractivity contribution in [2.45, 2.75) is 18.4 Å². The maximum atomic E-state index is 12.0. The molecule has 19 heavy (non-hydrogen) atoms. The standard InChI is InChI=1S/C15H17N3O/c1-16-15(7-8-15)12-5-3-11(4-6-12)13-9-17-10-18(2)14(13)19/h3-6,9-10,16H,7-8H2,1-2H3. The molecule has 0 unspecified atom stereocenters. The molecule has 0 bridgehead atoms. The minimum absolute atomic E-state index is 0.0162. The molecule has 98 valence electrons. The third kappa shape index (κ3) is 1.98. The van der Waals surface area contributed by atoms with Crippen molar-refractivity contribution in [1.29, 1.82) is 0 Å². The lowest BCUT2D eigenvalue weighted by molar-refractivity contribution is 0.586. The number of nitrogens with zero attached hydrogens (tertiary/aromatic N) is 2. The third-order valence-electron chi connectivity index (χ3n) is 3.97. The van der Waals surface area contributed by atoms with Crippen molar-refractivity contribution in [3.63, 3.8) is 0 Å². The minimum atomic E-state index is -0.0162. The number of benzene rings is 1. The molecule has 1 N–H and O–H groups in total. The molecule has 1 saturated carbocycles. The molecule has 1 aromatic heterocycles. The van der Waals surface area contributed by atoms with Gasteiger partial charge in [0.2, 0.25) is 0 Å². The Labute approximate surface area is 112 Å². The second kappa shape index (κ2) is 4.31. The van der Waals surface area contributed by atoms with Crippen LogP contribution in [0.4, 0.5) is 0 Å². The van der Waals surface area contributed by atoms with Gasteiger partial charge >= 0.3 is 0 Å². The highest BCUT2D eigenvalue weighted by molar-refractivity contribution is 5.62. The molecule has 1 aliphatic rings. The lowest BCUT2D eigenvalue weighted by Gasteiger charge is -2.14. The summed E-state index contributed by atoms with van der Waals surface area (Å²) in [5.41, 5.74) is 3.01. The lowest BCUT2D eigenvalue weighted by atomic mass is 10.0. The number of aryl methyl sites for hydroxylation is 1. The summed E-state index contributed by atoms with van der Waals surface area (Å²) in [5, 5.41) is 3.37. The molecule has 0 aliphatic heterocycles. The van der Waals surface area contributed by atoms with E-state index >= 15 is 0 Å². The van der Waals surface area contributed by atoms with Crippen LogP contribution in [0.3, 0.4) is 0 Å². The van der Waals surface area contributed by atoms with E-state index in [0.717, 1.165) is 5.56 Å². The largest absolute Gasteiger partial charge is 0.310 e. The highest BCUT2D eigenvalue weighted by atomic mass is 16.1. The first kappa shape index (κ1) is 12.1. The van der Waals surface area contributed by atoms with Gasteiger partial charge in [-0.1, -0.05) is 24.3 Å². The summed E-state index contributed by atoms with van der Waals surface area (Å²) in [6, 6.07) is 8.22. The van der Waals surface area contributed by atoms with Crippen molar-refractivity contribution < 1.29 is 0 Å². The SMILES string of the molecule is CNC1(c2ccc(-c3cncn(C)c3=O)cc2)CC1. The van der Waals surface area contributed by atoms with Gasteiger partial charge in [-0.2, -0.15) is 0 Å². The fraction of sp³-hybridized carbons (Fsp3) is 0.333. The zero-order valence-electron chi connectivity index (χ0n) is 11.2. The molecule has 1 heterocycles. The smallest absolute Gasteiger partial charge is 0.260 e. The fourth-order valence-electron chi connectivity index (χ4n) is 2.48. The molecule has 1 aromatic carbocycles. The summed E-state index contributed by atoms with van der Waals surface area (Å²) in [5.74, 6) is 0. The molecule has 0 radical (unpaired) electrons. The van der Waals surface area contributed by atoms with Gasteiger partial charge in [-0.3, -0.25) is 4.79 Å². The quantitative estimate of drug-likeness (QED) is 0.907. The van der Waals surface area contributed by atoms with Crippen LogP contribution in [0.15, 0.2) is 41.6 Å². The Morgan fingerprint density at radius 3 is 2.53 bits per heavy atom. The molecule has 1 fully saturated rings. The first-order chi connectivity index (χ1) is 9.16. The monoisotopic (exact) mass is 255 g/mol. The Balaban J connectivity index is 1.99. The van der Waals surface area contributed by atoms with Gasteiger partial charge in [-0.25, -0.2) is 4.98 Å². The Kier molecular flexibility index (Phi) is 2.75. The van der Waals surface area contributed by atoms with E-state index < -0.39 is 0 Å². The zero-order valence-corrected chi connectivity index (χ0v) is 11.2. The Morgan fingerprint density at radius 1 is 1.26 bits per heavy atom. The maximum Gasteiger partial charge on any atom is 0.260 e. The van der Waals surface area contributed by atoms with Gasteiger partial charge in [0.15, 0.2) is 0 Å². The average Bonchev–Trinajstić information content (AvgIpc) is 3.23. The first-order valence-electron chi connectivity index (χ1n) is 6.47. The predicted octanol–water partition coefficient (Wildman–Crippen LogP) is 1.66. The third-order valence-corrected chi connectivity index (χ3v) is 3.97. The van der Waals surface area contributed by atoms with Crippen LogP contribution in [-0.4, -0.2) is 16.6 Å². The van der Waals surface area contributed by atoms with Crippen molar-refractivity contribution in [2.24, 2.45) is 7.05 Å². The van der Waals surface area contributed by atoms with Crippen molar-refractivity contribution in [2.75, 3.05) is 7.05 Å². The predicted molar refractivity (Wildman–Crippen MR) is 74.9 cm³/mol. The molecule has 4 nitrogen and oxygen atoms in total. The Hall–Kier alpha value is -1.94. The second-order valence-electron chi connectivity index (χ2n) is 5.13. The molecule has 2 aromatic rings. The molecule has 3 rings (SSSR count). The van der Waals surface area contributed by atoms with Crippen LogP contribution < -0.4 is 10.9 Å². The number of hydrogen-bond acceptors (Lipinski definition) is 3.